The number of amides is 1. The zero-order valence-electron chi connectivity index (χ0n) is 13.9. The van der Waals surface area contributed by atoms with Gasteiger partial charge in [-0.2, -0.15) is 0 Å². The number of morpholine rings is 1. The summed E-state index contributed by atoms with van der Waals surface area (Å²) in [5, 5.41) is 3.12. The summed E-state index contributed by atoms with van der Waals surface area (Å²) >= 11 is 0. The van der Waals surface area contributed by atoms with Crippen molar-refractivity contribution in [1.82, 2.24) is 15.2 Å². The molecule has 132 valence electrons. The summed E-state index contributed by atoms with van der Waals surface area (Å²) in [5.41, 5.74) is 0.0538. The number of aromatic nitrogens is 1. The lowest BCUT2D eigenvalue weighted by Crippen LogP contribution is -2.45. The SMILES string of the molecule is C[C@H]1CN2C[C@H](NC(=O)c3c[nH]c4ccc(F)cc4c3=O)C[C@H]2CO1. The van der Waals surface area contributed by atoms with E-state index < -0.39 is 17.2 Å². The first-order chi connectivity index (χ1) is 12.0. The molecule has 0 radical (unpaired) electrons. The summed E-state index contributed by atoms with van der Waals surface area (Å²) in [6, 6.07) is 4.21. The maximum absolute atomic E-state index is 13.4. The molecule has 6 nitrogen and oxygen atoms in total. The highest BCUT2D eigenvalue weighted by atomic mass is 19.1. The molecule has 2 saturated heterocycles. The van der Waals surface area contributed by atoms with Gasteiger partial charge in [0.05, 0.1) is 12.7 Å². The van der Waals surface area contributed by atoms with Gasteiger partial charge in [-0.1, -0.05) is 0 Å². The molecular formula is C18H20FN3O3. The third-order valence-corrected chi connectivity index (χ3v) is 5.02. The largest absolute Gasteiger partial charge is 0.376 e. The van der Waals surface area contributed by atoms with Crippen LogP contribution < -0.4 is 10.7 Å². The average molecular weight is 345 g/mol. The number of nitrogens with zero attached hydrogens (tertiary/aromatic N) is 1. The Morgan fingerprint density at radius 3 is 3.08 bits per heavy atom. The lowest BCUT2D eigenvalue weighted by atomic mass is 10.1. The smallest absolute Gasteiger partial charge is 0.257 e. The van der Waals surface area contributed by atoms with Gasteiger partial charge < -0.3 is 15.0 Å². The minimum Gasteiger partial charge on any atom is -0.376 e. The summed E-state index contributed by atoms with van der Waals surface area (Å²) in [7, 11) is 0. The van der Waals surface area contributed by atoms with E-state index in [1.165, 1.54) is 18.3 Å². The predicted molar refractivity (Wildman–Crippen MR) is 91.2 cm³/mol. The fourth-order valence-corrected chi connectivity index (χ4v) is 3.77. The molecule has 1 aromatic carbocycles. The summed E-state index contributed by atoms with van der Waals surface area (Å²) in [4.78, 5) is 30.3. The Bertz CT molecular complexity index is 881. The van der Waals surface area contributed by atoms with Gasteiger partial charge in [0.25, 0.3) is 5.91 Å². The van der Waals surface area contributed by atoms with Crippen LogP contribution in [0.2, 0.25) is 0 Å². The van der Waals surface area contributed by atoms with Crippen molar-refractivity contribution in [2.24, 2.45) is 0 Å². The number of benzene rings is 1. The lowest BCUT2D eigenvalue weighted by molar-refractivity contribution is -0.0390. The number of carbonyl (C=O) groups is 1. The number of pyridine rings is 1. The Morgan fingerprint density at radius 1 is 1.40 bits per heavy atom. The topological polar surface area (TPSA) is 74.4 Å². The molecule has 3 atom stereocenters. The van der Waals surface area contributed by atoms with E-state index in [1.807, 2.05) is 6.92 Å². The number of ether oxygens (including phenoxy) is 1. The van der Waals surface area contributed by atoms with E-state index in [0.29, 0.717) is 18.2 Å². The van der Waals surface area contributed by atoms with Gasteiger partial charge in [0.15, 0.2) is 0 Å². The first kappa shape index (κ1) is 16.2. The molecule has 0 unspecified atom stereocenters. The highest BCUT2D eigenvalue weighted by Gasteiger charge is 2.37. The van der Waals surface area contributed by atoms with E-state index >= 15 is 0 Å². The standard InChI is InChI=1S/C18H20FN3O3/c1-10-7-22-8-12(5-13(22)9-25-10)21-18(24)15-6-20-16-3-2-11(19)4-14(16)17(15)23/h2-4,6,10,12-13H,5,7-9H2,1H3,(H,20,23)(H,21,24)/t10-,12+,13-/m0/s1. The minimum atomic E-state index is -0.502. The van der Waals surface area contributed by atoms with Gasteiger partial charge in [-0.25, -0.2) is 4.39 Å². The molecule has 0 bridgehead atoms. The Hall–Kier alpha value is -2.25. The number of carbonyl (C=O) groups excluding carboxylic acids is 1. The van der Waals surface area contributed by atoms with Crippen LogP contribution in [0.4, 0.5) is 4.39 Å². The van der Waals surface area contributed by atoms with Gasteiger partial charge in [0.1, 0.15) is 11.4 Å². The van der Waals surface area contributed by atoms with E-state index in [-0.39, 0.29) is 23.1 Å². The maximum Gasteiger partial charge on any atom is 0.257 e. The molecule has 2 N–H and O–H groups in total. The van der Waals surface area contributed by atoms with Gasteiger partial charge in [-0.15, -0.1) is 0 Å². The van der Waals surface area contributed by atoms with Crippen LogP contribution in [0.1, 0.15) is 23.7 Å². The number of H-pyrrole nitrogens is 1. The Kier molecular flexibility index (Phi) is 4.05. The highest BCUT2D eigenvalue weighted by molar-refractivity contribution is 5.97. The average Bonchev–Trinajstić information content (AvgIpc) is 2.96. The zero-order valence-corrected chi connectivity index (χ0v) is 13.9. The highest BCUT2D eigenvalue weighted by Crippen LogP contribution is 2.23. The van der Waals surface area contributed by atoms with Crippen LogP contribution in [0.5, 0.6) is 0 Å². The normalized spacial score (nSPS) is 26.6. The van der Waals surface area contributed by atoms with Gasteiger partial charge >= 0.3 is 0 Å². The first-order valence-electron chi connectivity index (χ1n) is 8.48. The van der Waals surface area contributed by atoms with Crippen LogP contribution in [0.15, 0.2) is 29.2 Å². The molecule has 2 aliphatic heterocycles. The molecule has 2 aliphatic rings. The molecule has 0 aliphatic carbocycles. The minimum absolute atomic E-state index is 0.00703. The number of hydrogen-bond donors (Lipinski definition) is 2. The van der Waals surface area contributed by atoms with Crippen LogP contribution in [0.25, 0.3) is 10.9 Å². The second kappa shape index (κ2) is 6.24. The van der Waals surface area contributed by atoms with E-state index in [4.69, 9.17) is 4.74 Å². The molecule has 3 heterocycles. The van der Waals surface area contributed by atoms with Gasteiger partial charge in [0, 0.05) is 42.3 Å². The van der Waals surface area contributed by atoms with E-state index in [0.717, 1.165) is 25.6 Å². The van der Waals surface area contributed by atoms with E-state index in [9.17, 15) is 14.0 Å². The van der Waals surface area contributed by atoms with Crippen molar-refractivity contribution in [3.05, 3.63) is 46.0 Å². The van der Waals surface area contributed by atoms with Crippen molar-refractivity contribution in [3.63, 3.8) is 0 Å². The maximum atomic E-state index is 13.4. The molecule has 1 aromatic heterocycles. The molecule has 7 heteroatoms. The van der Waals surface area contributed by atoms with Crippen LogP contribution in [-0.4, -0.2) is 53.7 Å². The molecule has 0 spiro atoms. The molecule has 2 fully saturated rings. The van der Waals surface area contributed by atoms with Crippen molar-refractivity contribution < 1.29 is 13.9 Å². The molecule has 4 rings (SSSR count). The quantitative estimate of drug-likeness (QED) is 0.859. The summed E-state index contributed by atoms with van der Waals surface area (Å²) in [6.07, 6.45) is 2.40. The number of rotatable bonds is 2. The third kappa shape index (κ3) is 3.05. The molecule has 25 heavy (non-hydrogen) atoms. The van der Waals surface area contributed by atoms with E-state index in [1.54, 1.807) is 0 Å². The molecule has 2 aromatic rings. The second-order valence-corrected chi connectivity index (χ2v) is 6.88. The summed E-state index contributed by atoms with van der Waals surface area (Å²) in [6.45, 7) is 4.32. The number of halogens is 1. The Labute approximate surface area is 144 Å². The van der Waals surface area contributed by atoms with Gasteiger partial charge in [-0.05, 0) is 31.5 Å². The lowest BCUT2D eigenvalue weighted by Gasteiger charge is -2.33. The van der Waals surface area contributed by atoms with Crippen LogP contribution in [-0.2, 0) is 4.74 Å². The molecule has 1 amide bonds. The first-order valence-corrected chi connectivity index (χ1v) is 8.48. The van der Waals surface area contributed by atoms with Gasteiger partial charge in [0.2, 0.25) is 5.43 Å². The third-order valence-electron chi connectivity index (χ3n) is 5.02. The predicted octanol–water partition coefficient (Wildman–Crippen LogP) is 1.26. The summed E-state index contributed by atoms with van der Waals surface area (Å²) in [5.74, 6) is -0.927. The molecule has 0 saturated carbocycles. The van der Waals surface area contributed by atoms with Crippen molar-refractivity contribution in [2.45, 2.75) is 31.5 Å². The number of aromatic amines is 1. The number of hydrogen-bond acceptors (Lipinski definition) is 4. The number of nitrogens with one attached hydrogen (secondary N) is 2. The second-order valence-electron chi connectivity index (χ2n) is 6.88. The van der Waals surface area contributed by atoms with Crippen LogP contribution in [0.3, 0.4) is 0 Å². The monoisotopic (exact) mass is 345 g/mol. The van der Waals surface area contributed by atoms with E-state index in [2.05, 4.69) is 15.2 Å². The fourth-order valence-electron chi connectivity index (χ4n) is 3.77. The van der Waals surface area contributed by atoms with Crippen molar-refractivity contribution in [2.75, 3.05) is 19.7 Å². The van der Waals surface area contributed by atoms with Crippen molar-refractivity contribution >= 4 is 16.8 Å². The Balaban J connectivity index is 1.53. The number of fused-ring (bicyclic) bond motifs is 2. The van der Waals surface area contributed by atoms with Gasteiger partial charge in [-0.3, -0.25) is 14.5 Å². The fraction of sp³-hybridized carbons (Fsp3) is 0.444. The van der Waals surface area contributed by atoms with Crippen LogP contribution in [0, 0.1) is 5.82 Å². The van der Waals surface area contributed by atoms with Crippen LogP contribution >= 0.6 is 0 Å². The van der Waals surface area contributed by atoms with Crippen molar-refractivity contribution in [3.8, 4) is 0 Å². The summed E-state index contributed by atoms with van der Waals surface area (Å²) < 4.78 is 19.1. The Morgan fingerprint density at radius 2 is 2.24 bits per heavy atom. The zero-order chi connectivity index (χ0) is 17.6. The molecular weight excluding hydrogens is 325 g/mol. The van der Waals surface area contributed by atoms with Crippen molar-refractivity contribution in [1.29, 1.82) is 0 Å².